The van der Waals surface area contributed by atoms with Gasteiger partial charge in [-0.2, -0.15) is 0 Å². The number of aliphatic hydroxyl groups excluding tert-OH is 1. The number of rotatable bonds is 4. The number of hydrogen-bond donors (Lipinski definition) is 2. The van der Waals surface area contributed by atoms with Gasteiger partial charge < -0.3 is 10.8 Å². The maximum absolute atomic E-state index is 9.02. The van der Waals surface area contributed by atoms with Crippen molar-refractivity contribution in [1.82, 2.24) is 14.8 Å². The fourth-order valence-corrected chi connectivity index (χ4v) is 0.928. The minimum absolute atomic E-state index is 0.191. The van der Waals surface area contributed by atoms with Gasteiger partial charge in [-0.3, -0.25) is 4.68 Å². The highest BCUT2D eigenvalue weighted by molar-refractivity contribution is 7.80. The van der Waals surface area contributed by atoms with Crippen LogP contribution in [0.1, 0.15) is 19.2 Å². The monoisotopic (exact) mass is 200 g/mol. The summed E-state index contributed by atoms with van der Waals surface area (Å²) in [4.78, 5) is 4.09. The topological polar surface area (TPSA) is 77.0 Å². The van der Waals surface area contributed by atoms with Crippen molar-refractivity contribution in [3.05, 3.63) is 12.2 Å². The standard InChI is InChI=1S/C7H12N4OS/c1-5(12)2-3-11-4-9-7(10-11)6(8)13/h4-5,12H,2-3H2,1H3,(H2,8,13). The smallest absolute Gasteiger partial charge is 0.208 e. The Morgan fingerprint density at radius 2 is 2.54 bits per heavy atom. The number of thiocarbonyl (C=S) groups is 1. The molecule has 1 unspecified atom stereocenters. The molecule has 13 heavy (non-hydrogen) atoms. The zero-order chi connectivity index (χ0) is 9.84. The maximum Gasteiger partial charge on any atom is 0.208 e. The third-order valence-corrected chi connectivity index (χ3v) is 1.72. The van der Waals surface area contributed by atoms with Crippen LogP contribution in [0.5, 0.6) is 0 Å². The summed E-state index contributed by atoms with van der Waals surface area (Å²) in [5, 5.41) is 13.0. The number of nitrogens with zero attached hydrogens (tertiary/aromatic N) is 3. The lowest BCUT2D eigenvalue weighted by molar-refractivity contribution is 0.176. The Morgan fingerprint density at radius 3 is 3.00 bits per heavy atom. The summed E-state index contributed by atoms with van der Waals surface area (Å²) in [6.07, 6.45) is 1.86. The zero-order valence-electron chi connectivity index (χ0n) is 7.34. The minimum Gasteiger partial charge on any atom is -0.393 e. The highest BCUT2D eigenvalue weighted by atomic mass is 32.1. The molecule has 3 N–H and O–H groups in total. The summed E-state index contributed by atoms with van der Waals surface area (Å²) in [5.41, 5.74) is 5.33. The van der Waals surface area contributed by atoms with Gasteiger partial charge in [0.05, 0.1) is 6.10 Å². The molecular formula is C7H12N4OS. The maximum atomic E-state index is 9.02. The third-order valence-electron chi connectivity index (χ3n) is 1.53. The predicted octanol–water partition coefficient (Wildman–Crippen LogP) is -0.317. The Balaban J connectivity index is 2.54. The van der Waals surface area contributed by atoms with E-state index in [1.165, 1.54) is 0 Å². The molecule has 0 saturated heterocycles. The van der Waals surface area contributed by atoms with Crippen LogP contribution in [0.2, 0.25) is 0 Å². The van der Waals surface area contributed by atoms with Crippen LogP contribution in [0.3, 0.4) is 0 Å². The lowest BCUT2D eigenvalue weighted by Crippen LogP contribution is -2.13. The predicted molar refractivity (Wildman–Crippen MR) is 52.2 cm³/mol. The van der Waals surface area contributed by atoms with Crippen LogP contribution in [0.25, 0.3) is 0 Å². The first-order valence-electron chi connectivity index (χ1n) is 3.97. The van der Waals surface area contributed by atoms with Crippen molar-refractivity contribution in [1.29, 1.82) is 0 Å². The molecule has 0 spiro atoms. The summed E-state index contributed by atoms with van der Waals surface area (Å²) < 4.78 is 1.61. The molecule has 5 nitrogen and oxygen atoms in total. The molecule has 0 aromatic carbocycles. The van der Waals surface area contributed by atoms with Crippen molar-refractivity contribution in [2.45, 2.75) is 26.0 Å². The second-order valence-electron chi connectivity index (χ2n) is 2.83. The van der Waals surface area contributed by atoms with Gasteiger partial charge in [-0.1, -0.05) is 12.2 Å². The number of hydrogen-bond acceptors (Lipinski definition) is 4. The summed E-state index contributed by atoms with van der Waals surface area (Å²) in [6.45, 7) is 2.35. The third kappa shape index (κ3) is 3.08. The molecule has 1 aromatic rings. The van der Waals surface area contributed by atoms with Crippen LogP contribution < -0.4 is 5.73 Å². The molecule has 1 rings (SSSR count). The van der Waals surface area contributed by atoms with E-state index in [0.717, 1.165) is 0 Å². The number of nitrogens with two attached hydrogens (primary N) is 1. The SMILES string of the molecule is CC(O)CCn1cnc(C(N)=S)n1. The van der Waals surface area contributed by atoms with Gasteiger partial charge in [0.25, 0.3) is 0 Å². The number of aromatic nitrogens is 3. The lowest BCUT2D eigenvalue weighted by atomic mass is 10.3. The van der Waals surface area contributed by atoms with E-state index in [2.05, 4.69) is 10.1 Å². The van der Waals surface area contributed by atoms with E-state index in [1.807, 2.05) is 0 Å². The first kappa shape index (κ1) is 10.1. The molecule has 0 radical (unpaired) electrons. The normalized spacial score (nSPS) is 12.8. The van der Waals surface area contributed by atoms with Gasteiger partial charge in [-0.05, 0) is 13.3 Å². The van der Waals surface area contributed by atoms with Crippen molar-refractivity contribution in [3.63, 3.8) is 0 Å². The van der Waals surface area contributed by atoms with Gasteiger partial charge in [0.2, 0.25) is 5.82 Å². The van der Waals surface area contributed by atoms with Gasteiger partial charge >= 0.3 is 0 Å². The van der Waals surface area contributed by atoms with Gasteiger partial charge in [-0.15, -0.1) is 5.10 Å². The molecule has 6 heteroatoms. The Kier molecular flexibility index (Phi) is 3.32. The van der Waals surface area contributed by atoms with E-state index in [1.54, 1.807) is 17.9 Å². The molecule has 0 aliphatic carbocycles. The molecular weight excluding hydrogens is 188 g/mol. The van der Waals surface area contributed by atoms with Gasteiger partial charge in [-0.25, -0.2) is 4.98 Å². The molecule has 0 aliphatic rings. The van der Waals surface area contributed by atoms with Crippen molar-refractivity contribution in [2.24, 2.45) is 5.73 Å². The highest BCUT2D eigenvalue weighted by Gasteiger charge is 2.03. The van der Waals surface area contributed by atoms with Crippen molar-refractivity contribution in [2.75, 3.05) is 0 Å². The molecule has 0 fully saturated rings. The molecule has 1 atom stereocenters. The van der Waals surface area contributed by atoms with Crippen molar-refractivity contribution >= 4 is 17.2 Å². The van der Waals surface area contributed by atoms with E-state index in [-0.39, 0.29) is 11.1 Å². The van der Waals surface area contributed by atoms with Crippen LogP contribution in [-0.4, -0.2) is 31.0 Å². The van der Waals surface area contributed by atoms with E-state index in [0.29, 0.717) is 18.8 Å². The second-order valence-corrected chi connectivity index (χ2v) is 3.27. The zero-order valence-corrected chi connectivity index (χ0v) is 8.16. The van der Waals surface area contributed by atoms with Crippen molar-refractivity contribution in [3.8, 4) is 0 Å². The summed E-state index contributed by atoms with van der Waals surface area (Å²) in [6, 6.07) is 0. The van der Waals surface area contributed by atoms with Crippen LogP contribution in [0.4, 0.5) is 0 Å². The van der Waals surface area contributed by atoms with E-state index in [4.69, 9.17) is 23.1 Å². The Hall–Kier alpha value is -1.01. The Morgan fingerprint density at radius 1 is 1.85 bits per heavy atom. The molecule has 0 amide bonds. The van der Waals surface area contributed by atoms with E-state index in [9.17, 15) is 0 Å². The fraction of sp³-hybridized carbons (Fsp3) is 0.571. The summed E-state index contributed by atoms with van der Waals surface area (Å²) in [7, 11) is 0. The molecule has 1 heterocycles. The van der Waals surface area contributed by atoms with E-state index < -0.39 is 0 Å². The van der Waals surface area contributed by atoms with Gasteiger partial charge in [0, 0.05) is 6.54 Å². The van der Waals surface area contributed by atoms with E-state index >= 15 is 0 Å². The lowest BCUT2D eigenvalue weighted by Gasteiger charge is -2.02. The van der Waals surface area contributed by atoms with Crippen LogP contribution in [0, 0.1) is 0 Å². The van der Waals surface area contributed by atoms with Crippen molar-refractivity contribution < 1.29 is 5.11 Å². The second kappa shape index (κ2) is 4.29. The minimum atomic E-state index is -0.336. The van der Waals surface area contributed by atoms with Gasteiger partial charge in [0.1, 0.15) is 11.3 Å². The molecule has 72 valence electrons. The van der Waals surface area contributed by atoms with Gasteiger partial charge in [0.15, 0.2) is 0 Å². The largest absolute Gasteiger partial charge is 0.393 e. The van der Waals surface area contributed by atoms with Crippen LogP contribution in [0.15, 0.2) is 6.33 Å². The first-order chi connectivity index (χ1) is 6.09. The van der Waals surface area contributed by atoms with Crippen LogP contribution in [-0.2, 0) is 6.54 Å². The summed E-state index contributed by atoms with van der Waals surface area (Å²) in [5.74, 6) is 0.376. The molecule has 0 bridgehead atoms. The molecule has 1 aromatic heterocycles. The quantitative estimate of drug-likeness (QED) is 0.652. The first-order valence-corrected chi connectivity index (χ1v) is 4.37. The summed E-state index contributed by atoms with van der Waals surface area (Å²) >= 11 is 4.70. The Bertz CT molecular complexity index is 296. The molecule has 0 aliphatic heterocycles. The fourth-order valence-electron chi connectivity index (χ4n) is 0.834. The molecule has 0 saturated carbocycles. The average molecular weight is 200 g/mol. The number of aliphatic hydroxyl groups is 1. The Labute approximate surface area is 81.6 Å². The van der Waals surface area contributed by atoms with Crippen LogP contribution >= 0.6 is 12.2 Å². The average Bonchev–Trinajstić information content (AvgIpc) is 2.48. The highest BCUT2D eigenvalue weighted by Crippen LogP contribution is 1.95. The number of aryl methyl sites for hydroxylation is 1.